The molecule has 0 saturated heterocycles. The smallest absolute Gasteiger partial charge is 0.277 e. The van der Waals surface area contributed by atoms with Crippen molar-refractivity contribution in [2.75, 3.05) is 25.6 Å². The number of thiazole rings is 1. The molecule has 0 spiro atoms. The van der Waals surface area contributed by atoms with Gasteiger partial charge in [-0.25, -0.2) is 9.97 Å². The highest BCUT2D eigenvalue weighted by atomic mass is 32.1. The molecule has 6 atom stereocenters. The Kier molecular flexibility index (Phi) is 7.30. The van der Waals surface area contributed by atoms with Gasteiger partial charge in [0.05, 0.1) is 24.6 Å². The van der Waals surface area contributed by atoms with Crippen LogP contribution in [0.5, 0.6) is 0 Å². The Morgan fingerprint density at radius 1 is 1.38 bits per heavy atom. The number of hydrogen-bond donors (Lipinski definition) is 3. The molecule has 0 aromatic carbocycles. The van der Waals surface area contributed by atoms with Crippen LogP contribution in [-0.4, -0.2) is 58.2 Å². The van der Waals surface area contributed by atoms with Crippen molar-refractivity contribution in [2.45, 2.75) is 52.1 Å². The van der Waals surface area contributed by atoms with Gasteiger partial charge in [-0.1, -0.05) is 20.8 Å². The molecule has 1 saturated carbocycles. The van der Waals surface area contributed by atoms with E-state index in [2.05, 4.69) is 34.4 Å². The number of hydrogen-bond acceptors (Lipinski definition) is 8. The largest absolute Gasteiger partial charge is 0.392 e. The zero-order valence-electron chi connectivity index (χ0n) is 20.1. The lowest BCUT2D eigenvalue weighted by Gasteiger charge is -2.53. The van der Waals surface area contributed by atoms with Gasteiger partial charge in [0.25, 0.3) is 5.91 Å². The third-order valence-electron chi connectivity index (χ3n) is 7.60. The Labute approximate surface area is 203 Å². The summed E-state index contributed by atoms with van der Waals surface area (Å²) >= 11 is 1.49. The molecule has 2 aromatic rings. The lowest BCUT2D eigenvalue weighted by molar-refractivity contribution is -0.135. The summed E-state index contributed by atoms with van der Waals surface area (Å²) < 4.78 is 5.02. The quantitative estimate of drug-likeness (QED) is 0.513. The van der Waals surface area contributed by atoms with Gasteiger partial charge in [-0.15, -0.1) is 11.3 Å². The number of methoxy groups -OCH3 is 1. The molecule has 2 aliphatic rings. The Morgan fingerprint density at radius 3 is 2.88 bits per heavy atom. The zero-order chi connectivity index (χ0) is 24.5. The number of anilines is 1. The van der Waals surface area contributed by atoms with Crippen LogP contribution in [0.4, 0.5) is 5.13 Å². The van der Waals surface area contributed by atoms with Crippen LogP contribution in [0, 0.1) is 23.2 Å². The maximum atomic E-state index is 12.7. The zero-order valence-corrected chi connectivity index (χ0v) is 20.9. The van der Waals surface area contributed by atoms with Crippen LogP contribution in [0.15, 0.2) is 18.6 Å². The molecule has 2 amide bonds. The second kappa shape index (κ2) is 10.1. The van der Waals surface area contributed by atoms with Crippen molar-refractivity contribution in [2.24, 2.45) is 23.2 Å². The summed E-state index contributed by atoms with van der Waals surface area (Å²) in [4.78, 5) is 39.1. The van der Waals surface area contributed by atoms with E-state index in [1.165, 1.54) is 29.9 Å². The fourth-order valence-electron chi connectivity index (χ4n) is 5.81. The standard InChI is InChI=1S/C24H33N5O4S/c1-13(21(31)27-9-10-33-4)15-5-6-24(3)11-17-19(14(2)18(24)20(15)30)28-23(34-17)29-22(32)16-12-25-7-8-26-16/h7-8,12-15,18,20,30H,5-6,9-11H2,1-4H3,(H,27,31)(H,28,29,32)/t13-,14-,15-,18+,20-,24+/m0/s1. The van der Waals surface area contributed by atoms with Crippen molar-refractivity contribution in [3.63, 3.8) is 0 Å². The minimum atomic E-state index is -0.607. The molecule has 1 fully saturated rings. The first-order valence-corrected chi connectivity index (χ1v) is 12.6. The van der Waals surface area contributed by atoms with E-state index in [-0.39, 0.29) is 46.6 Å². The lowest BCUT2D eigenvalue weighted by Crippen LogP contribution is -2.53. The van der Waals surface area contributed by atoms with Gasteiger partial charge in [-0.05, 0) is 36.5 Å². The predicted octanol–water partition coefficient (Wildman–Crippen LogP) is 2.64. The van der Waals surface area contributed by atoms with Gasteiger partial charge < -0.3 is 15.2 Å². The van der Waals surface area contributed by atoms with Crippen molar-refractivity contribution in [1.29, 1.82) is 0 Å². The van der Waals surface area contributed by atoms with Crippen LogP contribution in [0.3, 0.4) is 0 Å². The molecule has 2 aliphatic carbocycles. The van der Waals surface area contributed by atoms with E-state index in [1.54, 1.807) is 7.11 Å². The van der Waals surface area contributed by atoms with Gasteiger partial charge in [0.2, 0.25) is 5.91 Å². The van der Waals surface area contributed by atoms with Gasteiger partial charge in [-0.2, -0.15) is 0 Å². The predicted molar refractivity (Wildman–Crippen MR) is 129 cm³/mol. The van der Waals surface area contributed by atoms with Crippen molar-refractivity contribution in [1.82, 2.24) is 20.3 Å². The van der Waals surface area contributed by atoms with Gasteiger partial charge >= 0.3 is 0 Å². The minimum absolute atomic E-state index is 0.00808. The van der Waals surface area contributed by atoms with Crippen LogP contribution >= 0.6 is 11.3 Å². The number of carbonyl (C=O) groups excluding carboxylic acids is 2. The number of rotatable bonds is 7. The number of fused-ring (bicyclic) bond motifs is 2. The molecule has 2 heterocycles. The summed E-state index contributed by atoms with van der Waals surface area (Å²) in [7, 11) is 1.60. The molecule has 34 heavy (non-hydrogen) atoms. The molecule has 0 unspecified atom stereocenters. The van der Waals surface area contributed by atoms with Gasteiger partial charge in [0.1, 0.15) is 5.69 Å². The third-order valence-corrected chi connectivity index (χ3v) is 8.59. The maximum absolute atomic E-state index is 12.7. The summed E-state index contributed by atoms with van der Waals surface area (Å²) in [6.45, 7) is 7.17. The second-order valence-electron chi connectivity index (χ2n) is 9.78. The number of aliphatic hydroxyl groups is 1. The number of carbonyl (C=O) groups is 2. The Morgan fingerprint density at radius 2 is 2.18 bits per heavy atom. The summed E-state index contributed by atoms with van der Waals surface area (Å²) in [5.41, 5.74) is 1.08. The van der Waals surface area contributed by atoms with Crippen molar-refractivity contribution in [3.8, 4) is 0 Å². The summed E-state index contributed by atoms with van der Waals surface area (Å²) in [5, 5.41) is 17.8. The average molecular weight is 488 g/mol. The Bertz CT molecular complexity index is 1030. The van der Waals surface area contributed by atoms with Crippen molar-refractivity contribution in [3.05, 3.63) is 34.9 Å². The molecular formula is C24H33N5O4S. The molecule has 10 heteroatoms. The van der Waals surface area contributed by atoms with Crippen molar-refractivity contribution < 1.29 is 19.4 Å². The average Bonchev–Trinajstić information content (AvgIpc) is 3.21. The van der Waals surface area contributed by atoms with E-state index >= 15 is 0 Å². The topological polar surface area (TPSA) is 126 Å². The summed E-state index contributed by atoms with van der Waals surface area (Å²) in [6, 6.07) is 0. The molecule has 2 aromatic heterocycles. The van der Waals surface area contributed by atoms with Gasteiger partial charge in [0.15, 0.2) is 5.13 Å². The normalized spacial score (nSPS) is 29.0. The molecule has 9 nitrogen and oxygen atoms in total. The minimum Gasteiger partial charge on any atom is -0.392 e. The van der Waals surface area contributed by atoms with Gasteiger partial charge in [-0.3, -0.25) is 19.9 Å². The van der Waals surface area contributed by atoms with E-state index < -0.39 is 6.10 Å². The number of nitrogens with one attached hydrogen (secondary N) is 2. The van der Waals surface area contributed by atoms with E-state index in [9.17, 15) is 14.7 Å². The molecule has 184 valence electrons. The first-order chi connectivity index (χ1) is 16.2. The SMILES string of the molecule is COCCNC(=O)[C@@H](C)[C@@H]1CC[C@]2(C)Cc3sc(NC(=O)c4cnccn4)nc3[C@@H](C)[C@@H]2[C@H]1O. The Balaban J connectivity index is 1.51. The summed E-state index contributed by atoms with van der Waals surface area (Å²) in [5.74, 6) is -0.797. The van der Waals surface area contributed by atoms with E-state index in [0.29, 0.717) is 18.3 Å². The van der Waals surface area contributed by atoms with E-state index in [4.69, 9.17) is 9.72 Å². The van der Waals surface area contributed by atoms with E-state index in [1.807, 2.05) is 6.92 Å². The second-order valence-corrected chi connectivity index (χ2v) is 10.9. The molecule has 3 N–H and O–H groups in total. The van der Waals surface area contributed by atoms with Gasteiger partial charge in [0, 0.05) is 42.8 Å². The molecule has 0 radical (unpaired) electrons. The highest BCUT2D eigenvalue weighted by molar-refractivity contribution is 7.15. The fraction of sp³-hybridized carbons (Fsp3) is 0.625. The summed E-state index contributed by atoms with van der Waals surface area (Å²) in [6.07, 6.45) is 6.34. The number of nitrogens with zero attached hydrogens (tertiary/aromatic N) is 3. The Hall–Kier alpha value is -2.43. The third kappa shape index (κ3) is 4.71. The number of amides is 2. The molecule has 0 bridgehead atoms. The highest BCUT2D eigenvalue weighted by Crippen LogP contribution is 2.57. The number of ether oxygens (including phenoxy) is 1. The maximum Gasteiger partial charge on any atom is 0.277 e. The monoisotopic (exact) mass is 487 g/mol. The van der Waals surface area contributed by atoms with E-state index in [0.717, 1.165) is 29.8 Å². The number of aromatic nitrogens is 3. The van der Waals surface area contributed by atoms with Crippen LogP contribution in [0.2, 0.25) is 0 Å². The van der Waals surface area contributed by atoms with Crippen LogP contribution in [-0.2, 0) is 16.0 Å². The van der Waals surface area contributed by atoms with Crippen LogP contribution < -0.4 is 10.6 Å². The molecular weight excluding hydrogens is 454 g/mol. The van der Waals surface area contributed by atoms with Crippen molar-refractivity contribution >= 4 is 28.3 Å². The number of aliphatic hydroxyl groups excluding tert-OH is 1. The lowest BCUT2D eigenvalue weighted by atomic mass is 9.53. The molecule has 0 aliphatic heterocycles. The molecule has 4 rings (SSSR count). The van der Waals surface area contributed by atoms with Crippen LogP contribution in [0.25, 0.3) is 0 Å². The first-order valence-electron chi connectivity index (χ1n) is 11.8. The first kappa shape index (κ1) is 24.7. The van der Waals surface area contributed by atoms with Crippen LogP contribution in [0.1, 0.15) is 60.6 Å². The fourth-order valence-corrected chi connectivity index (χ4v) is 7.07. The highest BCUT2D eigenvalue weighted by Gasteiger charge is 2.53.